The number of halogens is 2. The topological polar surface area (TPSA) is 101 Å². The molecular weight excluding hydrogens is 575 g/mol. The molecule has 3 heterocycles. The third-order valence-electron chi connectivity index (χ3n) is 8.55. The molecule has 0 unspecified atom stereocenters. The second kappa shape index (κ2) is 14.1. The predicted molar refractivity (Wildman–Crippen MR) is 179 cm³/mol. The Morgan fingerprint density at radius 2 is 1.93 bits per heavy atom. The zero-order chi connectivity index (χ0) is 31.4. The van der Waals surface area contributed by atoms with Crippen LogP contribution in [0.25, 0.3) is 28.0 Å². The molecule has 1 fully saturated rings. The van der Waals surface area contributed by atoms with E-state index in [1.54, 1.807) is 12.3 Å². The quantitative estimate of drug-likeness (QED) is 0.118. The van der Waals surface area contributed by atoms with Gasteiger partial charge in [-0.05, 0) is 79.5 Å². The normalized spacial score (nSPS) is 17.7. The Kier molecular flexibility index (Phi) is 10.2. The van der Waals surface area contributed by atoms with E-state index in [2.05, 4.69) is 60.1 Å². The summed E-state index contributed by atoms with van der Waals surface area (Å²) in [7, 11) is 0. The van der Waals surface area contributed by atoms with Crippen LogP contribution in [0.15, 0.2) is 58.4 Å². The molecule has 0 aliphatic carbocycles. The first kappa shape index (κ1) is 31.9. The summed E-state index contributed by atoms with van der Waals surface area (Å²) in [6.07, 6.45) is 8.97. The molecule has 44 heavy (non-hydrogen) atoms. The monoisotopic (exact) mass is 618 g/mol. The summed E-state index contributed by atoms with van der Waals surface area (Å²) in [4.78, 5) is 25.0. The van der Waals surface area contributed by atoms with E-state index in [-0.39, 0.29) is 17.0 Å². The Labute approximate surface area is 264 Å². The van der Waals surface area contributed by atoms with E-state index in [0.717, 1.165) is 62.7 Å². The summed E-state index contributed by atoms with van der Waals surface area (Å²) in [6.45, 7) is 9.23. The molecule has 0 amide bonds. The fourth-order valence-corrected chi connectivity index (χ4v) is 6.18. The van der Waals surface area contributed by atoms with Crippen LogP contribution >= 0.6 is 11.6 Å². The van der Waals surface area contributed by atoms with Crippen LogP contribution in [-0.2, 0) is 6.42 Å². The van der Waals surface area contributed by atoms with E-state index in [1.165, 1.54) is 10.1 Å². The Balaban J connectivity index is 1.32. The van der Waals surface area contributed by atoms with Crippen LogP contribution < -0.4 is 16.7 Å². The van der Waals surface area contributed by atoms with E-state index in [1.807, 2.05) is 24.3 Å². The number of nitrogens with two attached hydrogens (primary N) is 1. The third-order valence-corrected chi connectivity index (χ3v) is 8.83. The van der Waals surface area contributed by atoms with Gasteiger partial charge < -0.3 is 16.0 Å². The highest BCUT2D eigenvalue weighted by Crippen LogP contribution is 2.32. The van der Waals surface area contributed by atoms with Crippen molar-refractivity contribution in [2.24, 2.45) is 22.6 Å². The zero-order valence-corrected chi connectivity index (χ0v) is 26.9. The molecule has 2 atom stereocenters. The minimum Gasteiger partial charge on any atom is -0.387 e. The fraction of sp³-hybridized carbons (Fsp3) is 0.457. The minimum atomic E-state index is -0.484. The van der Waals surface area contributed by atoms with Crippen molar-refractivity contribution in [1.82, 2.24) is 19.9 Å². The lowest BCUT2D eigenvalue weighted by atomic mass is 9.92. The minimum absolute atomic E-state index is 0.0939. The molecule has 0 saturated carbocycles. The Morgan fingerprint density at radius 3 is 2.66 bits per heavy atom. The molecule has 2 aromatic carbocycles. The number of aromatic nitrogens is 3. The lowest BCUT2D eigenvalue weighted by molar-refractivity contribution is 0.315. The highest BCUT2D eigenvalue weighted by Gasteiger charge is 2.22. The number of benzene rings is 2. The Bertz CT molecular complexity index is 1670. The second-order valence-corrected chi connectivity index (χ2v) is 13.2. The van der Waals surface area contributed by atoms with Crippen molar-refractivity contribution in [3.63, 3.8) is 0 Å². The maximum absolute atomic E-state index is 15.2. The van der Waals surface area contributed by atoms with Gasteiger partial charge >= 0.3 is 5.69 Å². The largest absolute Gasteiger partial charge is 0.387 e. The molecule has 0 bridgehead atoms. The zero-order valence-electron chi connectivity index (χ0n) is 26.2. The molecule has 1 aliphatic heterocycles. The molecule has 4 N–H and O–H groups in total. The highest BCUT2D eigenvalue weighted by molar-refractivity contribution is 6.31. The van der Waals surface area contributed by atoms with Gasteiger partial charge in [0.05, 0.1) is 22.2 Å². The standard InChI is InChI=1S/C35H44ClFN6O/c1-21(2)7-5-8-23-17-28(32(37)29(36)18-23)31-19-25-20-43(35(44)42-34(25)41-31)27-13-11-24(12-14-27)30-10-6-9-26(40-30)15-16-39-33(38)22(3)4/h11-14,17-22,26,30,40H,5-10,15-16H2,1-4H3,(H2,38,39)(H,41,42,44)/t26-,30-/m0/s1. The van der Waals surface area contributed by atoms with Crippen LogP contribution in [0.3, 0.4) is 0 Å². The lowest BCUT2D eigenvalue weighted by Gasteiger charge is -2.31. The van der Waals surface area contributed by atoms with Crippen molar-refractivity contribution < 1.29 is 4.39 Å². The molecule has 234 valence electrons. The maximum atomic E-state index is 15.2. The van der Waals surface area contributed by atoms with E-state index < -0.39 is 11.5 Å². The summed E-state index contributed by atoms with van der Waals surface area (Å²) >= 11 is 6.29. The number of rotatable bonds is 11. The lowest BCUT2D eigenvalue weighted by Crippen LogP contribution is -2.37. The van der Waals surface area contributed by atoms with Gasteiger partial charge in [-0.3, -0.25) is 9.56 Å². The van der Waals surface area contributed by atoms with Gasteiger partial charge in [0, 0.05) is 41.7 Å². The number of nitrogens with zero attached hydrogens (tertiary/aromatic N) is 3. The summed E-state index contributed by atoms with van der Waals surface area (Å²) < 4.78 is 16.7. The molecule has 0 spiro atoms. The van der Waals surface area contributed by atoms with E-state index in [4.69, 9.17) is 17.3 Å². The number of nitrogens with one attached hydrogen (secondary N) is 2. The van der Waals surface area contributed by atoms with Gasteiger partial charge in [0.1, 0.15) is 5.65 Å². The van der Waals surface area contributed by atoms with Gasteiger partial charge in [-0.1, -0.05) is 64.3 Å². The van der Waals surface area contributed by atoms with Gasteiger partial charge in [0.2, 0.25) is 0 Å². The molecule has 2 aromatic heterocycles. The number of aryl methyl sites for hydroxylation is 1. The maximum Gasteiger partial charge on any atom is 0.354 e. The van der Waals surface area contributed by atoms with Crippen molar-refractivity contribution in [2.75, 3.05) is 6.54 Å². The van der Waals surface area contributed by atoms with Crippen molar-refractivity contribution in [3.8, 4) is 16.9 Å². The number of aromatic amines is 1. The molecule has 5 rings (SSSR count). The Hall–Kier alpha value is -3.49. The molecule has 1 aliphatic rings. The van der Waals surface area contributed by atoms with Crippen molar-refractivity contribution in [2.45, 2.75) is 84.7 Å². The number of hydrogen-bond acceptors (Lipinski definition) is 4. The molecular formula is C35H44ClFN6O. The molecule has 4 aromatic rings. The van der Waals surface area contributed by atoms with E-state index >= 15 is 4.39 Å². The van der Waals surface area contributed by atoms with Crippen LogP contribution in [0, 0.1) is 17.7 Å². The van der Waals surface area contributed by atoms with Gasteiger partial charge in [-0.15, -0.1) is 0 Å². The molecule has 7 nitrogen and oxygen atoms in total. The van der Waals surface area contributed by atoms with Crippen LogP contribution in [-0.4, -0.2) is 33.0 Å². The third kappa shape index (κ3) is 7.59. The summed E-state index contributed by atoms with van der Waals surface area (Å²) in [5.74, 6) is 1.11. The first-order valence-electron chi connectivity index (χ1n) is 15.9. The Morgan fingerprint density at radius 1 is 1.16 bits per heavy atom. The van der Waals surface area contributed by atoms with Crippen LogP contribution in [0.5, 0.6) is 0 Å². The summed E-state index contributed by atoms with van der Waals surface area (Å²) in [5, 5.41) is 4.58. The van der Waals surface area contributed by atoms with E-state index in [0.29, 0.717) is 40.1 Å². The number of hydrogen-bond donors (Lipinski definition) is 3. The smallest absolute Gasteiger partial charge is 0.354 e. The average Bonchev–Trinajstić information content (AvgIpc) is 3.41. The van der Waals surface area contributed by atoms with Crippen LogP contribution in [0.1, 0.15) is 83.4 Å². The number of fused-ring (bicyclic) bond motifs is 1. The second-order valence-electron chi connectivity index (χ2n) is 12.8. The van der Waals surface area contributed by atoms with Gasteiger partial charge in [-0.2, -0.15) is 4.98 Å². The summed E-state index contributed by atoms with van der Waals surface area (Å²) in [6, 6.07) is 14.1. The van der Waals surface area contributed by atoms with Gasteiger partial charge in [0.15, 0.2) is 5.82 Å². The highest BCUT2D eigenvalue weighted by atomic mass is 35.5. The van der Waals surface area contributed by atoms with Crippen LogP contribution in [0.4, 0.5) is 4.39 Å². The van der Waals surface area contributed by atoms with Gasteiger partial charge in [0.25, 0.3) is 0 Å². The first-order chi connectivity index (χ1) is 21.1. The number of piperidine rings is 1. The first-order valence-corrected chi connectivity index (χ1v) is 16.2. The van der Waals surface area contributed by atoms with Crippen molar-refractivity contribution >= 4 is 28.5 Å². The summed E-state index contributed by atoms with van der Waals surface area (Å²) in [5.41, 5.74) is 9.83. The van der Waals surface area contributed by atoms with Crippen LogP contribution in [0.2, 0.25) is 5.02 Å². The molecule has 9 heteroatoms. The number of aliphatic imine (C=N–C) groups is 1. The molecule has 0 radical (unpaired) electrons. The fourth-order valence-electron chi connectivity index (χ4n) is 5.93. The van der Waals surface area contributed by atoms with Crippen molar-refractivity contribution in [3.05, 3.63) is 81.1 Å². The van der Waals surface area contributed by atoms with Crippen molar-refractivity contribution in [1.29, 1.82) is 0 Å². The average molecular weight is 619 g/mol. The number of amidine groups is 1. The van der Waals surface area contributed by atoms with E-state index in [9.17, 15) is 4.79 Å². The molecule has 1 saturated heterocycles. The number of H-pyrrole nitrogens is 1. The van der Waals surface area contributed by atoms with Gasteiger partial charge in [-0.25, -0.2) is 9.18 Å². The predicted octanol–water partition coefficient (Wildman–Crippen LogP) is 7.74. The SMILES string of the molecule is CC(C)CCCc1cc(Cl)c(F)c(-c2cc3cn(-c4ccc([C@@H]5CCC[C@@H](CCN=C(N)C(C)C)N5)cc4)c(=O)nc3[nH]2)c1.